The Morgan fingerprint density at radius 3 is 2.44 bits per heavy atom. The van der Waals surface area contributed by atoms with Crippen LogP contribution in [0.1, 0.15) is 44.9 Å². The van der Waals surface area contributed by atoms with Gasteiger partial charge in [0, 0.05) is 30.1 Å². The second-order valence-electron chi connectivity index (χ2n) is 10.0. The molecule has 7 rings (SSSR count). The van der Waals surface area contributed by atoms with Gasteiger partial charge in [-0.15, -0.1) is 0 Å². The summed E-state index contributed by atoms with van der Waals surface area (Å²) in [5.74, 6) is 3.10. The molecule has 2 heterocycles. The fourth-order valence-electron chi connectivity index (χ4n) is 6.80. The molecule has 0 unspecified atom stereocenters. The summed E-state index contributed by atoms with van der Waals surface area (Å²) in [6, 6.07) is 9.33. The van der Waals surface area contributed by atoms with Gasteiger partial charge in [-0.25, -0.2) is 4.98 Å². The third kappa shape index (κ3) is 3.79. The molecule has 4 fully saturated rings. The molecule has 0 aliphatic heterocycles. The molecule has 4 bridgehead atoms. The maximum Gasteiger partial charge on any atom is 0.227 e. The van der Waals surface area contributed by atoms with Crippen molar-refractivity contribution in [2.24, 2.45) is 23.2 Å². The fourth-order valence-corrected chi connectivity index (χ4v) is 7.04. The molecule has 0 atom stereocenters. The number of nitrogens with zero attached hydrogens (tertiary/aromatic N) is 2. The lowest BCUT2D eigenvalue weighted by molar-refractivity contribution is -0.127. The van der Waals surface area contributed by atoms with Gasteiger partial charge in [-0.05, 0) is 104 Å². The quantitative estimate of drug-likeness (QED) is 0.529. The zero-order chi connectivity index (χ0) is 21.7. The molecule has 0 spiro atoms. The number of pyridine rings is 1. The monoisotopic (exact) mass is 446 g/mol. The topological polar surface area (TPSA) is 80.0 Å². The first-order valence-electron chi connectivity index (χ1n) is 11.5. The maximum atomic E-state index is 12.8. The van der Waals surface area contributed by atoms with Crippen LogP contribution in [0.5, 0.6) is 0 Å². The zero-order valence-electron chi connectivity index (χ0n) is 17.8. The number of anilines is 1. The van der Waals surface area contributed by atoms with Gasteiger partial charge in [0.1, 0.15) is 5.52 Å². The molecule has 4 saturated carbocycles. The lowest BCUT2D eigenvalue weighted by atomic mass is 9.49. The van der Waals surface area contributed by atoms with Crippen LogP contribution in [0.4, 0.5) is 5.69 Å². The van der Waals surface area contributed by atoms with Crippen LogP contribution < -0.4 is 10.6 Å². The number of aromatic nitrogens is 2. The second-order valence-corrected chi connectivity index (χ2v) is 10.4. The van der Waals surface area contributed by atoms with E-state index in [0.29, 0.717) is 23.0 Å². The number of oxazole rings is 1. The van der Waals surface area contributed by atoms with E-state index in [1.165, 1.54) is 38.5 Å². The summed E-state index contributed by atoms with van der Waals surface area (Å²) >= 11 is 5.43. The third-order valence-corrected chi connectivity index (χ3v) is 7.73. The van der Waals surface area contributed by atoms with E-state index in [4.69, 9.17) is 16.6 Å². The molecule has 164 valence electrons. The van der Waals surface area contributed by atoms with E-state index in [1.807, 2.05) is 30.3 Å². The van der Waals surface area contributed by atoms with Gasteiger partial charge in [-0.2, -0.15) is 0 Å². The van der Waals surface area contributed by atoms with Gasteiger partial charge in [0.25, 0.3) is 0 Å². The van der Waals surface area contributed by atoms with Gasteiger partial charge in [0.2, 0.25) is 11.8 Å². The Morgan fingerprint density at radius 1 is 1.06 bits per heavy atom. The summed E-state index contributed by atoms with van der Waals surface area (Å²) < 4.78 is 5.84. The number of nitrogens with one attached hydrogen (secondary N) is 2. The van der Waals surface area contributed by atoms with Gasteiger partial charge in [-0.1, -0.05) is 0 Å². The van der Waals surface area contributed by atoms with Crippen molar-refractivity contribution in [3.05, 3.63) is 42.7 Å². The molecule has 4 aliphatic rings. The Hall–Kier alpha value is -2.80. The minimum absolute atomic E-state index is 0.0342. The van der Waals surface area contributed by atoms with Crippen LogP contribution in [0.25, 0.3) is 22.6 Å². The van der Waals surface area contributed by atoms with Crippen molar-refractivity contribution in [1.29, 1.82) is 0 Å². The highest BCUT2D eigenvalue weighted by molar-refractivity contribution is 7.80. The van der Waals surface area contributed by atoms with Crippen LogP contribution >= 0.6 is 12.2 Å². The van der Waals surface area contributed by atoms with Gasteiger partial charge in [0.05, 0.1) is 0 Å². The summed E-state index contributed by atoms with van der Waals surface area (Å²) in [6.45, 7) is 0. The molecule has 3 aromatic rings. The predicted molar refractivity (Wildman–Crippen MR) is 127 cm³/mol. The van der Waals surface area contributed by atoms with Gasteiger partial charge < -0.3 is 15.1 Å². The van der Waals surface area contributed by atoms with Crippen LogP contribution in [-0.2, 0) is 4.79 Å². The zero-order valence-corrected chi connectivity index (χ0v) is 18.7. The minimum Gasteiger partial charge on any atom is -0.436 e. The van der Waals surface area contributed by atoms with Crippen molar-refractivity contribution in [3.63, 3.8) is 0 Å². The summed E-state index contributed by atoms with van der Waals surface area (Å²) in [6.07, 6.45) is 11.8. The van der Waals surface area contributed by atoms with E-state index in [1.54, 1.807) is 12.4 Å². The smallest absolute Gasteiger partial charge is 0.227 e. The highest BCUT2D eigenvalue weighted by Gasteiger charge is 2.51. The van der Waals surface area contributed by atoms with Crippen molar-refractivity contribution in [2.45, 2.75) is 44.9 Å². The number of amides is 1. The molecule has 1 aromatic carbocycles. The highest BCUT2D eigenvalue weighted by Crippen LogP contribution is 2.61. The number of hydrogen-bond acceptors (Lipinski definition) is 5. The molecule has 2 N–H and O–H groups in total. The Morgan fingerprint density at radius 2 is 1.75 bits per heavy atom. The molecule has 2 aromatic heterocycles. The Balaban J connectivity index is 1.10. The van der Waals surface area contributed by atoms with Crippen LogP contribution in [0, 0.1) is 23.2 Å². The maximum absolute atomic E-state index is 12.8. The number of carbonyl (C=O) groups is 1. The lowest BCUT2D eigenvalue weighted by Gasteiger charge is -2.56. The standard InChI is InChI=1S/C25H26N4O2S/c30-22(14-25-11-15-7-16(12-25)9-17(8-15)13-25)29-24(32)27-19-1-2-21-20(10-19)28-23(31-21)18-3-5-26-6-4-18/h1-6,10,15-17H,7-9,11-14H2,(H2,27,29,30,32). The Bertz CT molecular complexity index is 1150. The van der Waals surface area contributed by atoms with E-state index in [-0.39, 0.29) is 11.3 Å². The number of thiocarbonyl (C=S) groups is 1. The summed E-state index contributed by atoms with van der Waals surface area (Å²) in [7, 11) is 0. The third-order valence-electron chi connectivity index (χ3n) is 7.53. The normalized spacial score (nSPS) is 28.1. The summed E-state index contributed by atoms with van der Waals surface area (Å²) in [5.41, 5.74) is 3.27. The predicted octanol–water partition coefficient (Wildman–Crippen LogP) is 5.31. The number of fused-ring (bicyclic) bond motifs is 1. The average molecular weight is 447 g/mol. The molecule has 6 nitrogen and oxygen atoms in total. The van der Waals surface area contributed by atoms with Gasteiger partial charge in [0.15, 0.2) is 10.7 Å². The lowest BCUT2D eigenvalue weighted by Crippen LogP contribution is -2.48. The van der Waals surface area contributed by atoms with Gasteiger partial charge in [-0.3, -0.25) is 9.78 Å². The Labute approximate surface area is 192 Å². The fraction of sp³-hybridized carbons (Fsp3) is 0.440. The van der Waals surface area contributed by atoms with Gasteiger partial charge >= 0.3 is 0 Å². The van der Waals surface area contributed by atoms with Crippen molar-refractivity contribution in [2.75, 3.05) is 5.32 Å². The number of hydrogen-bond donors (Lipinski definition) is 2. The first-order valence-corrected chi connectivity index (χ1v) is 11.9. The molecule has 4 aliphatic carbocycles. The number of rotatable bonds is 4. The Kier molecular flexibility index (Phi) is 4.75. The molecule has 7 heteroatoms. The highest BCUT2D eigenvalue weighted by atomic mass is 32.1. The molecule has 0 radical (unpaired) electrons. The number of carbonyl (C=O) groups excluding carboxylic acids is 1. The van der Waals surface area contributed by atoms with Crippen LogP contribution in [0.2, 0.25) is 0 Å². The first kappa shape index (κ1) is 19.9. The second kappa shape index (κ2) is 7.66. The number of benzene rings is 1. The molecular weight excluding hydrogens is 420 g/mol. The van der Waals surface area contributed by atoms with Crippen LogP contribution in [-0.4, -0.2) is 21.0 Å². The van der Waals surface area contributed by atoms with Crippen molar-refractivity contribution in [1.82, 2.24) is 15.3 Å². The van der Waals surface area contributed by atoms with Crippen molar-refractivity contribution < 1.29 is 9.21 Å². The average Bonchev–Trinajstić information content (AvgIpc) is 3.16. The van der Waals surface area contributed by atoms with E-state index >= 15 is 0 Å². The SMILES string of the molecule is O=C(CC12CC3CC(CC(C3)C1)C2)NC(=S)Nc1ccc2oc(-c3ccncc3)nc2c1. The van der Waals surface area contributed by atoms with Crippen molar-refractivity contribution in [3.8, 4) is 11.5 Å². The minimum atomic E-state index is 0.0342. The van der Waals surface area contributed by atoms with Crippen LogP contribution in [0.3, 0.4) is 0 Å². The summed E-state index contributed by atoms with van der Waals surface area (Å²) in [4.78, 5) is 21.4. The summed E-state index contributed by atoms with van der Waals surface area (Å²) in [5, 5.41) is 6.37. The molecular formula is C25H26N4O2S. The van der Waals surface area contributed by atoms with Crippen LogP contribution in [0.15, 0.2) is 47.1 Å². The largest absolute Gasteiger partial charge is 0.436 e. The molecule has 32 heavy (non-hydrogen) atoms. The van der Waals surface area contributed by atoms with E-state index in [0.717, 1.165) is 34.5 Å². The van der Waals surface area contributed by atoms with E-state index < -0.39 is 0 Å². The molecule has 0 saturated heterocycles. The molecule has 1 amide bonds. The van der Waals surface area contributed by atoms with E-state index in [2.05, 4.69) is 20.6 Å². The van der Waals surface area contributed by atoms with Crippen molar-refractivity contribution >= 4 is 40.0 Å². The van der Waals surface area contributed by atoms with E-state index in [9.17, 15) is 4.79 Å². The first-order chi connectivity index (χ1) is 15.5.